The summed E-state index contributed by atoms with van der Waals surface area (Å²) in [4.78, 5) is 21.3. The molecule has 42 valence electrons. The van der Waals surface area contributed by atoms with Crippen LogP contribution in [0.4, 0.5) is 4.11 Å². The average Bonchev–Trinajstić information content (AvgIpc) is 0.722. The second kappa shape index (κ2) is 5.95. The Morgan fingerprint density at radius 1 is 1.14 bits per heavy atom. The third-order valence-electron chi connectivity index (χ3n) is 0. The van der Waals surface area contributed by atoms with Crippen LogP contribution < -0.4 is 0 Å². The monoisotopic (exact) mass is 170 g/mol. The topological polar surface area (TPSA) is 60.7 Å². The summed E-state index contributed by atoms with van der Waals surface area (Å²) in [6, 6.07) is 0. The molecule has 0 aliphatic rings. The molecule has 0 saturated carbocycles. The molecule has 0 fully saturated rings. The first-order valence-corrected chi connectivity index (χ1v) is 2.58. The normalized spacial score (nSPS) is 8.57. The summed E-state index contributed by atoms with van der Waals surface area (Å²) in [5.74, 6) is 0. The van der Waals surface area contributed by atoms with Crippen molar-refractivity contribution >= 4 is 64.2 Å². The van der Waals surface area contributed by atoms with Gasteiger partial charge in [0.1, 0.15) is 0 Å². The molecule has 0 aromatic rings. The molecular weight excluding hydrogens is 162 g/mol. The molecule has 0 rings (SSSR count). The van der Waals surface area contributed by atoms with E-state index in [4.69, 9.17) is 14.4 Å². The molecule has 0 amide bonds. The van der Waals surface area contributed by atoms with Crippen LogP contribution in [0.1, 0.15) is 0 Å². The zero-order chi connectivity index (χ0) is 4.50. The standard InChI is InChI=1S/Al.Ca.FH3O3Si.5H/c;;1-5(2,3)4;;;;;/h;;2-4H;;;;;. The molecule has 0 aliphatic heterocycles. The Balaban J connectivity index is -0.0000000800. The van der Waals surface area contributed by atoms with Gasteiger partial charge in [0, 0.05) is 0 Å². The van der Waals surface area contributed by atoms with E-state index in [9.17, 15) is 4.11 Å². The summed E-state index contributed by atoms with van der Waals surface area (Å²) in [5.41, 5.74) is 0. The van der Waals surface area contributed by atoms with E-state index in [-0.39, 0.29) is 55.1 Å². The van der Waals surface area contributed by atoms with Crippen molar-refractivity contribution in [3.63, 3.8) is 0 Å². The van der Waals surface area contributed by atoms with E-state index < -0.39 is 9.14 Å². The van der Waals surface area contributed by atoms with Crippen LogP contribution in [0.15, 0.2) is 0 Å². The molecule has 0 aliphatic carbocycles. The van der Waals surface area contributed by atoms with E-state index in [0.29, 0.717) is 0 Å². The van der Waals surface area contributed by atoms with Gasteiger partial charge in [-0.25, -0.2) is 4.11 Å². The molecule has 0 heterocycles. The second-order valence-electron chi connectivity index (χ2n) is 0.554. The van der Waals surface area contributed by atoms with E-state index in [1.54, 1.807) is 0 Å². The van der Waals surface area contributed by atoms with E-state index in [0.717, 1.165) is 0 Å². The number of halogens is 1. The quantitative estimate of drug-likeness (QED) is 0.259. The van der Waals surface area contributed by atoms with Gasteiger partial charge in [-0.3, -0.25) is 0 Å². The van der Waals surface area contributed by atoms with Crippen LogP contribution in [-0.4, -0.2) is 78.6 Å². The van der Waals surface area contributed by atoms with Crippen LogP contribution in [0, 0.1) is 0 Å². The zero-order valence-electron chi connectivity index (χ0n) is 2.22. The first kappa shape index (κ1) is 15.9. The molecule has 0 atom stereocenters. The van der Waals surface area contributed by atoms with Gasteiger partial charge in [-0.1, -0.05) is 0 Å². The van der Waals surface area contributed by atoms with Crippen LogP contribution in [-0.2, 0) is 0 Å². The number of hydrogen-bond acceptors (Lipinski definition) is 3. The predicted molar refractivity (Wildman–Crippen MR) is 32.0 cm³/mol. The third-order valence-corrected chi connectivity index (χ3v) is 0. The second-order valence-corrected chi connectivity index (χ2v) is 1.66. The molecule has 7 heavy (non-hydrogen) atoms. The van der Waals surface area contributed by atoms with Crippen molar-refractivity contribution in [1.82, 2.24) is 0 Å². The van der Waals surface area contributed by atoms with E-state index in [1.165, 1.54) is 0 Å². The molecule has 0 spiro atoms. The van der Waals surface area contributed by atoms with Crippen molar-refractivity contribution in [2.45, 2.75) is 0 Å². The van der Waals surface area contributed by atoms with Crippen LogP contribution in [0.25, 0.3) is 0 Å². The Bertz CT molecular complexity index is 30.4. The molecule has 3 nitrogen and oxygen atoms in total. The van der Waals surface area contributed by atoms with Crippen molar-refractivity contribution < 1.29 is 18.5 Å². The maximum absolute atomic E-state index is 10.5. The van der Waals surface area contributed by atoms with Crippen molar-refractivity contribution in [2.75, 3.05) is 0 Å². The minimum atomic E-state index is -5.11. The van der Waals surface area contributed by atoms with Crippen molar-refractivity contribution in [3.8, 4) is 0 Å². The fourth-order valence-electron chi connectivity index (χ4n) is 0. The molecule has 0 aromatic heterocycles. The Labute approximate surface area is 81.8 Å². The molecule has 0 unspecified atom stereocenters. The van der Waals surface area contributed by atoms with Crippen molar-refractivity contribution in [1.29, 1.82) is 0 Å². The SMILES string of the molecule is O[Si](O)(O)F.[AlH3].[CaH2]. The van der Waals surface area contributed by atoms with Gasteiger partial charge in [0.05, 0.1) is 0 Å². The van der Waals surface area contributed by atoms with Gasteiger partial charge in [-0.2, -0.15) is 0 Å². The van der Waals surface area contributed by atoms with Crippen LogP contribution in [0.3, 0.4) is 0 Å². The first-order chi connectivity index (χ1) is 2.00. The summed E-state index contributed by atoms with van der Waals surface area (Å²) in [6.45, 7) is 0. The summed E-state index contributed by atoms with van der Waals surface area (Å²) in [5, 5.41) is 0. The number of rotatable bonds is 0. The summed E-state index contributed by atoms with van der Waals surface area (Å²) >= 11 is 0. The van der Waals surface area contributed by atoms with Crippen LogP contribution in [0.5, 0.6) is 0 Å². The molecule has 3 N–H and O–H groups in total. The number of hydrogen-bond donors (Lipinski definition) is 3. The summed E-state index contributed by atoms with van der Waals surface area (Å²) in [6.07, 6.45) is 0. The van der Waals surface area contributed by atoms with Gasteiger partial charge in [0.25, 0.3) is 0 Å². The Hall–Kier alpha value is 1.82. The molecule has 7 heteroatoms. The van der Waals surface area contributed by atoms with Gasteiger partial charge in [-0.15, -0.1) is 0 Å². The van der Waals surface area contributed by atoms with Gasteiger partial charge in [-0.05, 0) is 0 Å². The third kappa shape index (κ3) is 80.0. The van der Waals surface area contributed by atoms with Crippen LogP contribution >= 0.6 is 0 Å². The van der Waals surface area contributed by atoms with Gasteiger partial charge < -0.3 is 14.4 Å². The molecule has 0 bridgehead atoms. The fraction of sp³-hybridized carbons (Fsp3) is 0. The van der Waals surface area contributed by atoms with Crippen molar-refractivity contribution in [3.05, 3.63) is 0 Å². The van der Waals surface area contributed by atoms with Crippen molar-refractivity contribution in [2.24, 2.45) is 0 Å². The van der Waals surface area contributed by atoms with Gasteiger partial charge >= 0.3 is 46.9 Å². The molecule has 0 aromatic carbocycles. The van der Waals surface area contributed by atoms with Crippen LogP contribution in [0.2, 0.25) is 0 Å². The average molecular weight is 170 g/mol. The molecule has 0 radical (unpaired) electrons. The Kier molecular flexibility index (Phi) is 13.5. The molecular formula is H8AlCaFO3Si. The summed E-state index contributed by atoms with van der Waals surface area (Å²) < 4.78 is 10.5. The maximum atomic E-state index is 10.5. The summed E-state index contributed by atoms with van der Waals surface area (Å²) in [7, 11) is -5.11. The minimum absolute atomic E-state index is 0. The predicted octanol–water partition coefficient (Wildman–Crippen LogP) is -3.73. The van der Waals surface area contributed by atoms with Gasteiger partial charge in [0.2, 0.25) is 0 Å². The van der Waals surface area contributed by atoms with E-state index in [2.05, 4.69) is 0 Å². The zero-order valence-corrected chi connectivity index (χ0v) is 3.22. The fourth-order valence-corrected chi connectivity index (χ4v) is 0. The van der Waals surface area contributed by atoms with Gasteiger partial charge in [0.15, 0.2) is 17.4 Å². The van der Waals surface area contributed by atoms with E-state index >= 15 is 0 Å². The van der Waals surface area contributed by atoms with E-state index in [1.807, 2.05) is 0 Å². The Morgan fingerprint density at radius 3 is 1.14 bits per heavy atom. The molecule has 0 saturated heterocycles. The first-order valence-electron chi connectivity index (χ1n) is 0.860. The Morgan fingerprint density at radius 2 is 1.14 bits per heavy atom.